The van der Waals surface area contributed by atoms with Gasteiger partial charge >= 0.3 is 6.09 Å². The van der Waals surface area contributed by atoms with Gasteiger partial charge in [0.15, 0.2) is 5.78 Å². The van der Waals surface area contributed by atoms with Crippen molar-refractivity contribution >= 4 is 17.8 Å². The lowest BCUT2D eigenvalue weighted by atomic mass is 9.85. The maximum atomic E-state index is 12.3. The number of carbonyl (C=O) groups is 3. The van der Waals surface area contributed by atoms with E-state index >= 15 is 0 Å². The average Bonchev–Trinajstić information content (AvgIpc) is 2.77. The van der Waals surface area contributed by atoms with E-state index in [1.165, 1.54) is 6.20 Å². The third kappa shape index (κ3) is 6.41. The molecule has 152 valence electrons. The zero-order valence-electron chi connectivity index (χ0n) is 16.2. The quantitative estimate of drug-likeness (QED) is 0.703. The van der Waals surface area contributed by atoms with Crippen LogP contribution in [0.15, 0.2) is 54.9 Å². The molecule has 2 N–H and O–H groups in total. The third-order valence-electron chi connectivity index (χ3n) is 5.04. The van der Waals surface area contributed by atoms with Crippen molar-refractivity contribution in [1.29, 1.82) is 0 Å². The Labute approximate surface area is 169 Å². The van der Waals surface area contributed by atoms with Crippen molar-refractivity contribution in [2.75, 3.05) is 6.54 Å². The Morgan fingerprint density at radius 2 is 1.76 bits per heavy atom. The Morgan fingerprint density at radius 3 is 2.45 bits per heavy atom. The fourth-order valence-corrected chi connectivity index (χ4v) is 3.37. The highest BCUT2D eigenvalue weighted by Crippen LogP contribution is 2.24. The molecule has 7 heteroatoms. The molecule has 1 aromatic heterocycles. The first kappa shape index (κ1) is 20.5. The van der Waals surface area contributed by atoms with E-state index in [1.807, 2.05) is 30.3 Å². The van der Waals surface area contributed by atoms with Gasteiger partial charge in [0.05, 0.1) is 6.54 Å². The van der Waals surface area contributed by atoms with Gasteiger partial charge < -0.3 is 15.4 Å². The van der Waals surface area contributed by atoms with Crippen molar-refractivity contribution in [2.24, 2.45) is 5.92 Å². The van der Waals surface area contributed by atoms with Crippen molar-refractivity contribution < 1.29 is 19.1 Å². The lowest BCUT2D eigenvalue weighted by molar-refractivity contribution is -0.125. The van der Waals surface area contributed by atoms with Crippen LogP contribution in [0.5, 0.6) is 0 Å². The number of Topliss-reactive ketones (excluding diaryl/α,β-unsaturated/α-hetero) is 1. The molecule has 1 fully saturated rings. The largest absolute Gasteiger partial charge is 0.445 e. The summed E-state index contributed by atoms with van der Waals surface area (Å²) in [6.45, 7) is 0.198. The first-order valence-corrected chi connectivity index (χ1v) is 9.80. The molecule has 29 heavy (non-hydrogen) atoms. The number of nitrogens with zero attached hydrogens (tertiary/aromatic N) is 1. The molecule has 1 aromatic carbocycles. The van der Waals surface area contributed by atoms with Gasteiger partial charge in [-0.15, -0.1) is 0 Å². The molecule has 0 spiro atoms. The van der Waals surface area contributed by atoms with Gasteiger partial charge in [-0.1, -0.05) is 30.3 Å². The minimum Gasteiger partial charge on any atom is -0.445 e. The number of ketones is 1. The lowest BCUT2D eigenvalue weighted by Gasteiger charge is -2.28. The highest BCUT2D eigenvalue weighted by atomic mass is 16.5. The Balaban J connectivity index is 1.34. The van der Waals surface area contributed by atoms with Crippen LogP contribution in [0.1, 0.15) is 41.6 Å². The topological polar surface area (TPSA) is 97.4 Å². The second-order valence-corrected chi connectivity index (χ2v) is 7.14. The first-order chi connectivity index (χ1) is 14.1. The molecule has 0 atom stereocenters. The summed E-state index contributed by atoms with van der Waals surface area (Å²) >= 11 is 0. The van der Waals surface area contributed by atoms with Gasteiger partial charge in [-0.05, 0) is 43.4 Å². The maximum absolute atomic E-state index is 12.3. The minimum atomic E-state index is -0.441. The molecule has 0 radical (unpaired) electrons. The summed E-state index contributed by atoms with van der Waals surface area (Å²) in [5.41, 5.74) is 1.42. The third-order valence-corrected chi connectivity index (χ3v) is 5.04. The van der Waals surface area contributed by atoms with Gasteiger partial charge in [0.25, 0.3) is 0 Å². The molecule has 1 saturated carbocycles. The van der Waals surface area contributed by atoms with Gasteiger partial charge in [-0.3, -0.25) is 14.6 Å². The van der Waals surface area contributed by atoms with Gasteiger partial charge in [0, 0.05) is 29.9 Å². The van der Waals surface area contributed by atoms with Crippen LogP contribution in [0, 0.1) is 5.92 Å². The second-order valence-electron chi connectivity index (χ2n) is 7.14. The predicted octanol–water partition coefficient (Wildman–Crippen LogP) is 2.87. The van der Waals surface area contributed by atoms with Crippen molar-refractivity contribution in [3.63, 3.8) is 0 Å². The SMILES string of the molecule is O=C(NC1CCC(C(=O)NCC(=O)c2cccnc2)CC1)OCc1ccccc1. The molecule has 0 saturated heterocycles. The normalized spacial score (nSPS) is 18.5. The number of benzene rings is 1. The molecular formula is C22H25N3O4. The number of amides is 2. The van der Waals surface area contributed by atoms with E-state index < -0.39 is 6.09 Å². The van der Waals surface area contributed by atoms with E-state index in [2.05, 4.69) is 15.6 Å². The van der Waals surface area contributed by atoms with Crippen LogP contribution in [0.3, 0.4) is 0 Å². The molecule has 1 aliphatic carbocycles. The van der Waals surface area contributed by atoms with Crippen LogP contribution in [0.25, 0.3) is 0 Å². The molecule has 7 nitrogen and oxygen atoms in total. The molecule has 2 amide bonds. The Bertz CT molecular complexity index is 818. The summed E-state index contributed by atoms with van der Waals surface area (Å²) in [6.07, 6.45) is 5.38. The number of hydrogen-bond acceptors (Lipinski definition) is 5. The fourth-order valence-electron chi connectivity index (χ4n) is 3.37. The first-order valence-electron chi connectivity index (χ1n) is 9.80. The van der Waals surface area contributed by atoms with Crippen LogP contribution in [0.4, 0.5) is 4.79 Å². The number of hydrogen-bond donors (Lipinski definition) is 2. The molecule has 3 rings (SSSR count). The molecule has 0 aliphatic heterocycles. The zero-order valence-corrected chi connectivity index (χ0v) is 16.2. The predicted molar refractivity (Wildman–Crippen MR) is 107 cm³/mol. The Morgan fingerprint density at radius 1 is 1.00 bits per heavy atom. The van der Waals surface area contributed by atoms with E-state index in [0.29, 0.717) is 31.2 Å². The number of rotatable bonds is 7. The van der Waals surface area contributed by atoms with E-state index in [-0.39, 0.29) is 36.8 Å². The van der Waals surface area contributed by atoms with Crippen molar-refractivity contribution in [1.82, 2.24) is 15.6 Å². The summed E-state index contributed by atoms with van der Waals surface area (Å²) in [6, 6.07) is 12.9. The number of pyridine rings is 1. The number of nitrogens with one attached hydrogen (secondary N) is 2. The van der Waals surface area contributed by atoms with E-state index in [1.54, 1.807) is 18.3 Å². The summed E-state index contributed by atoms with van der Waals surface area (Å²) in [5.74, 6) is -0.426. The number of aromatic nitrogens is 1. The van der Waals surface area contributed by atoms with Gasteiger partial charge in [0.2, 0.25) is 5.91 Å². The van der Waals surface area contributed by atoms with Crippen LogP contribution in [0.2, 0.25) is 0 Å². The summed E-state index contributed by atoms with van der Waals surface area (Å²) in [5, 5.41) is 5.58. The highest BCUT2D eigenvalue weighted by molar-refractivity contribution is 5.99. The second kappa shape index (κ2) is 10.4. The summed E-state index contributed by atoms with van der Waals surface area (Å²) < 4.78 is 5.24. The maximum Gasteiger partial charge on any atom is 0.407 e. The smallest absolute Gasteiger partial charge is 0.407 e. The van der Waals surface area contributed by atoms with Crippen LogP contribution < -0.4 is 10.6 Å². The summed E-state index contributed by atoms with van der Waals surface area (Å²) in [4.78, 5) is 40.2. The highest BCUT2D eigenvalue weighted by Gasteiger charge is 2.27. The van der Waals surface area contributed by atoms with Crippen LogP contribution in [-0.4, -0.2) is 35.4 Å². The molecular weight excluding hydrogens is 370 g/mol. The number of carbonyl (C=O) groups excluding carboxylic acids is 3. The molecule has 1 aliphatic rings. The van der Waals surface area contributed by atoms with Crippen LogP contribution >= 0.6 is 0 Å². The standard InChI is InChI=1S/C22H25N3O4/c26-20(18-7-4-12-23-13-18)14-24-21(27)17-8-10-19(11-9-17)25-22(28)29-15-16-5-2-1-3-6-16/h1-7,12-13,17,19H,8-11,14-15H2,(H,24,27)(H,25,28). The molecule has 0 bridgehead atoms. The molecule has 2 aromatic rings. The van der Waals surface area contributed by atoms with Crippen molar-refractivity contribution in [3.8, 4) is 0 Å². The van der Waals surface area contributed by atoms with Crippen molar-refractivity contribution in [2.45, 2.75) is 38.3 Å². The molecule has 1 heterocycles. The zero-order chi connectivity index (χ0) is 20.5. The van der Waals surface area contributed by atoms with Crippen LogP contribution in [-0.2, 0) is 16.1 Å². The van der Waals surface area contributed by atoms with E-state index in [9.17, 15) is 14.4 Å². The minimum absolute atomic E-state index is 0.000603. The van der Waals surface area contributed by atoms with Crippen molar-refractivity contribution in [3.05, 3.63) is 66.0 Å². The molecule has 0 unspecified atom stereocenters. The summed E-state index contributed by atoms with van der Waals surface area (Å²) in [7, 11) is 0. The van der Waals surface area contributed by atoms with Gasteiger partial charge in [0.1, 0.15) is 6.61 Å². The van der Waals surface area contributed by atoms with Gasteiger partial charge in [-0.2, -0.15) is 0 Å². The van der Waals surface area contributed by atoms with E-state index in [4.69, 9.17) is 4.74 Å². The fraction of sp³-hybridized carbons (Fsp3) is 0.364. The monoisotopic (exact) mass is 395 g/mol. The Hall–Kier alpha value is -3.22. The number of alkyl carbamates (subject to hydrolysis) is 1. The average molecular weight is 395 g/mol. The Kier molecular flexibility index (Phi) is 7.33. The lowest BCUT2D eigenvalue weighted by Crippen LogP contribution is -2.41. The van der Waals surface area contributed by atoms with E-state index in [0.717, 1.165) is 5.56 Å². The van der Waals surface area contributed by atoms with Gasteiger partial charge in [-0.25, -0.2) is 4.79 Å². The number of ether oxygens (including phenoxy) is 1.